The molecular formula is C13H23N3O2. The Morgan fingerprint density at radius 3 is 2.56 bits per heavy atom. The summed E-state index contributed by atoms with van der Waals surface area (Å²) in [6, 6.07) is 1.96. The van der Waals surface area contributed by atoms with Crippen LogP contribution in [0.25, 0.3) is 0 Å². The molecular weight excluding hydrogens is 230 g/mol. The molecule has 4 N–H and O–H groups in total. The summed E-state index contributed by atoms with van der Waals surface area (Å²) in [4.78, 5) is 14.6. The third-order valence-electron chi connectivity index (χ3n) is 2.77. The maximum atomic E-state index is 11.6. The van der Waals surface area contributed by atoms with Crippen LogP contribution in [-0.2, 0) is 10.2 Å². The van der Waals surface area contributed by atoms with E-state index in [1.807, 2.05) is 46.2 Å². The molecule has 1 atom stereocenters. The van der Waals surface area contributed by atoms with Gasteiger partial charge in [-0.2, -0.15) is 0 Å². The van der Waals surface area contributed by atoms with Crippen molar-refractivity contribution in [3.05, 3.63) is 24.0 Å². The van der Waals surface area contributed by atoms with Crippen LogP contribution in [0.2, 0.25) is 0 Å². The highest BCUT2D eigenvalue weighted by molar-refractivity contribution is 5.67. The Morgan fingerprint density at radius 2 is 2.11 bits per heavy atom. The molecule has 102 valence electrons. The molecule has 5 nitrogen and oxygen atoms in total. The second-order valence-electron chi connectivity index (χ2n) is 5.72. The summed E-state index contributed by atoms with van der Waals surface area (Å²) in [5.41, 5.74) is 6.09. The normalized spacial score (nSPS) is 14.9. The second-order valence-corrected chi connectivity index (χ2v) is 5.72. The van der Waals surface area contributed by atoms with Gasteiger partial charge in [0.1, 0.15) is 5.60 Å². The molecule has 1 unspecified atom stereocenters. The average Bonchev–Trinajstić information content (AvgIpc) is 2.77. The average molecular weight is 253 g/mol. The monoisotopic (exact) mass is 253 g/mol. The van der Waals surface area contributed by atoms with Gasteiger partial charge in [0, 0.05) is 30.9 Å². The van der Waals surface area contributed by atoms with Crippen molar-refractivity contribution in [3.8, 4) is 0 Å². The summed E-state index contributed by atoms with van der Waals surface area (Å²) in [7, 11) is 0. The van der Waals surface area contributed by atoms with Crippen molar-refractivity contribution < 1.29 is 9.53 Å². The summed E-state index contributed by atoms with van der Waals surface area (Å²) in [5.74, 6) is 0. The Hall–Kier alpha value is -1.49. The molecule has 0 bridgehead atoms. The summed E-state index contributed by atoms with van der Waals surface area (Å²) in [6.45, 7) is 8.40. The first-order valence-corrected chi connectivity index (χ1v) is 6.07. The number of nitrogens with two attached hydrogens (primary N) is 1. The van der Waals surface area contributed by atoms with Crippen LogP contribution in [0.5, 0.6) is 0 Å². The lowest BCUT2D eigenvalue weighted by Crippen LogP contribution is -2.45. The van der Waals surface area contributed by atoms with Crippen LogP contribution in [0, 0.1) is 0 Å². The van der Waals surface area contributed by atoms with Crippen LogP contribution in [0.1, 0.15) is 33.3 Å². The van der Waals surface area contributed by atoms with Crippen LogP contribution in [0.3, 0.4) is 0 Å². The highest BCUT2D eigenvalue weighted by atomic mass is 16.6. The fourth-order valence-corrected chi connectivity index (χ4v) is 1.57. The Morgan fingerprint density at radius 1 is 1.44 bits per heavy atom. The molecule has 1 rings (SSSR count). The number of amides is 1. The molecule has 0 saturated carbocycles. The quantitative estimate of drug-likeness (QED) is 0.765. The van der Waals surface area contributed by atoms with Crippen molar-refractivity contribution in [1.82, 2.24) is 10.3 Å². The van der Waals surface area contributed by atoms with Crippen LogP contribution >= 0.6 is 0 Å². The molecule has 0 saturated heterocycles. The van der Waals surface area contributed by atoms with Crippen LogP contribution in [-0.4, -0.2) is 29.8 Å². The van der Waals surface area contributed by atoms with Gasteiger partial charge in [-0.25, -0.2) is 4.79 Å². The minimum Gasteiger partial charge on any atom is -0.444 e. The number of aromatic nitrogens is 1. The minimum absolute atomic E-state index is 0.295. The van der Waals surface area contributed by atoms with E-state index >= 15 is 0 Å². The van der Waals surface area contributed by atoms with Gasteiger partial charge in [0.05, 0.1) is 0 Å². The number of rotatable bonds is 4. The number of carbonyl (C=O) groups is 1. The van der Waals surface area contributed by atoms with Crippen molar-refractivity contribution in [1.29, 1.82) is 0 Å². The molecule has 1 aromatic heterocycles. The summed E-state index contributed by atoms with van der Waals surface area (Å²) in [6.07, 6.45) is 3.32. The molecule has 0 radical (unpaired) electrons. The van der Waals surface area contributed by atoms with E-state index in [0.29, 0.717) is 13.1 Å². The highest BCUT2D eigenvalue weighted by Gasteiger charge is 2.27. The van der Waals surface area contributed by atoms with Gasteiger partial charge in [0.25, 0.3) is 0 Å². The summed E-state index contributed by atoms with van der Waals surface area (Å²) >= 11 is 0. The van der Waals surface area contributed by atoms with E-state index in [2.05, 4.69) is 10.3 Å². The lowest BCUT2D eigenvalue weighted by atomic mass is 9.84. The number of H-pyrrole nitrogens is 1. The smallest absolute Gasteiger partial charge is 0.407 e. The zero-order valence-corrected chi connectivity index (χ0v) is 11.5. The van der Waals surface area contributed by atoms with Crippen LogP contribution < -0.4 is 11.1 Å². The fraction of sp³-hybridized carbons (Fsp3) is 0.615. The number of nitrogens with one attached hydrogen (secondary N) is 2. The van der Waals surface area contributed by atoms with Crippen LogP contribution in [0.15, 0.2) is 18.5 Å². The van der Waals surface area contributed by atoms with E-state index in [-0.39, 0.29) is 5.41 Å². The fourth-order valence-electron chi connectivity index (χ4n) is 1.57. The van der Waals surface area contributed by atoms with E-state index in [1.165, 1.54) is 0 Å². The van der Waals surface area contributed by atoms with Gasteiger partial charge in [-0.05, 0) is 32.4 Å². The molecule has 1 heterocycles. The van der Waals surface area contributed by atoms with Gasteiger partial charge in [0.15, 0.2) is 0 Å². The Kier molecular flexibility index (Phi) is 4.40. The molecule has 0 aliphatic rings. The molecule has 1 aromatic rings. The number of carbonyl (C=O) groups excluding carboxylic acids is 1. The molecule has 1 amide bonds. The number of aromatic amines is 1. The lowest BCUT2D eigenvalue weighted by Gasteiger charge is -2.28. The molecule has 5 heteroatoms. The zero-order valence-electron chi connectivity index (χ0n) is 11.5. The van der Waals surface area contributed by atoms with Gasteiger partial charge in [0.2, 0.25) is 0 Å². The number of alkyl carbamates (subject to hydrolysis) is 1. The second kappa shape index (κ2) is 5.44. The van der Waals surface area contributed by atoms with Gasteiger partial charge < -0.3 is 20.8 Å². The third-order valence-corrected chi connectivity index (χ3v) is 2.77. The van der Waals surface area contributed by atoms with E-state index in [1.54, 1.807) is 0 Å². The van der Waals surface area contributed by atoms with Crippen molar-refractivity contribution in [2.45, 2.75) is 38.7 Å². The van der Waals surface area contributed by atoms with E-state index in [4.69, 9.17) is 10.5 Å². The van der Waals surface area contributed by atoms with Gasteiger partial charge in [-0.3, -0.25) is 0 Å². The largest absolute Gasteiger partial charge is 0.444 e. The third kappa shape index (κ3) is 4.07. The first-order valence-electron chi connectivity index (χ1n) is 6.07. The molecule has 0 aromatic carbocycles. The van der Waals surface area contributed by atoms with Crippen molar-refractivity contribution in [3.63, 3.8) is 0 Å². The van der Waals surface area contributed by atoms with E-state index in [0.717, 1.165) is 5.56 Å². The molecule has 0 aliphatic carbocycles. The molecule has 0 aliphatic heterocycles. The maximum absolute atomic E-state index is 11.6. The van der Waals surface area contributed by atoms with E-state index in [9.17, 15) is 4.79 Å². The molecule has 0 spiro atoms. The van der Waals surface area contributed by atoms with Crippen molar-refractivity contribution in [2.24, 2.45) is 5.73 Å². The standard InChI is InChI=1S/C13H23N3O2/c1-12(2,3)18-11(17)16-9-13(4,8-14)10-5-6-15-7-10/h5-7,15H,8-9,14H2,1-4H3,(H,16,17). The Balaban J connectivity index is 2.58. The SMILES string of the molecule is CC(C)(C)OC(=O)NCC(C)(CN)c1cc[nH]c1. The van der Waals surface area contributed by atoms with Gasteiger partial charge in [-0.1, -0.05) is 6.92 Å². The topological polar surface area (TPSA) is 80.1 Å². The Bertz CT molecular complexity index is 381. The molecule has 0 fully saturated rings. The maximum Gasteiger partial charge on any atom is 0.407 e. The Labute approximate surface area is 108 Å². The first kappa shape index (κ1) is 14.6. The zero-order chi connectivity index (χ0) is 13.8. The van der Waals surface area contributed by atoms with E-state index < -0.39 is 11.7 Å². The number of ether oxygens (including phenoxy) is 1. The van der Waals surface area contributed by atoms with Gasteiger partial charge in [-0.15, -0.1) is 0 Å². The first-order chi connectivity index (χ1) is 8.27. The molecule has 18 heavy (non-hydrogen) atoms. The predicted molar refractivity (Wildman–Crippen MR) is 71.4 cm³/mol. The summed E-state index contributed by atoms with van der Waals surface area (Å²) in [5, 5.41) is 2.76. The number of hydrogen-bond donors (Lipinski definition) is 3. The van der Waals surface area contributed by atoms with Crippen LogP contribution in [0.4, 0.5) is 4.79 Å². The number of hydrogen-bond acceptors (Lipinski definition) is 3. The van der Waals surface area contributed by atoms with Gasteiger partial charge >= 0.3 is 6.09 Å². The predicted octanol–water partition coefficient (Wildman–Crippen LogP) is 1.76. The van der Waals surface area contributed by atoms with Crippen molar-refractivity contribution >= 4 is 6.09 Å². The highest BCUT2D eigenvalue weighted by Crippen LogP contribution is 2.21. The summed E-state index contributed by atoms with van der Waals surface area (Å²) < 4.78 is 5.20. The minimum atomic E-state index is -0.489. The van der Waals surface area contributed by atoms with Crippen molar-refractivity contribution in [2.75, 3.05) is 13.1 Å². The lowest BCUT2D eigenvalue weighted by molar-refractivity contribution is 0.0516.